The molecule has 300 valence electrons. The van der Waals surface area contributed by atoms with Crippen molar-refractivity contribution in [1.82, 2.24) is 0 Å². The molecule has 6 N–H and O–H groups in total. The van der Waals surface area contributed by atoms with Crippen molar-refractivity contribution in [3.8, 4) is 34.5 Å². The summed E-state index contributed by atoms with van der Waals surface area (Å²) in [5.74, 6) is 0.322. The molecule has 0 spiro atoms. The van der Waals surface area contributed by atoms with Crippen LogP contribution in [0.1, 0.15) is 60.0 Å². The molecule has 0 saturated carbocycles. The second kappa shape index (κ2) is 16.3. The smallest absolute Gasteiger partial charge is 0.317 e. The first-order valence-electron chi connectivity index (χ1n) is 18.5. The van der Waals surface area contributed by atoms with E-state index in [0.717, 1.165) is 16.7 Å². The van der Waals surface area contributed by atoms with E-state index in [4.69, 9.17) is 58.5 Å². The van der Waals surface area contributed by atoms with Gasteiger partial charge in [0.1, 0.15) is 54.2 Å². The van der Waals surface area contributed by atoms with Crippen LogP contribution in [-0.4, -0.2) is 108 Å². The van der Waals surface area contributed by atoms with Gasteiger partial charge >= 0.3 is 11.9 Å². The van der Waals surface area contributed by atoms with Crippen LogP contribution >= 0.6 is 0 Å². The van der Waals surface area contributed by atoms with Gasteiger partial charge in [-0.05, 0) is 55.2 Å². The largest absolute Gasteiger partial charge is 0.508 e. The van der Waals surface area contributed by atoms with E-state index in [1.165, 1.54) is 0 Å². The molecule has 3 aromatic carbocycles. The lowest BCUT2D eigenvalue weighted by molar-refractivity contribution is -0.379. The third-order valence-electron chi connectivity index (χ3n) is 10.5. The van der Waals surface area contributed by atoms with Gasteiger partial charge in [-0.3, -0.25) is 9.59 Å². The molecule has 56 heavy (non-hydrogen) atoms. The van der Waals surface area contributed by atoms with Crippen LogP contribution in [-0.2, 0) is 39.8 Å². The Hall–Kier alpha value is -4.88. The molecular formula is C39H43NO16. The SMILES string of the molecule is NCCOC1OC2C(OC(=O)CC(=O)O)CCC(CCO)OC2C(O)C1OOc1cc(Cc2ccc(O)cc2)c2c(c1)C1Oc3cc4c(cc3C1CO2)OCO4. The fraction of sp³-hybridized carbons (Fsp3) is 0.487. The molecule has 2 fully saturated rings. The molecule has 5 aliphatic rings. The Morgan fingerprint density at radius 3 is 2.50 bits per heavy atom. The topological polar surface area (TPSA) is 233 Å². The van der Waals surface area contributed by atoms with Crippen molar-refractivity contribution < 1.29 is 77.7 Å². The van der Waals surface area contributed by atoms with Crippen LogP contribution in [0.3, 0.4) is 0 Å². The van der Waals surface area contributed by atoms with Crippen LogP contribution in [0.4, 0.5) is 0 Å². The van der Waals surface area contributed by atoms with Crippen LogP contribution < -0.4 is 29.6 Å². The first kappa shape index (κ1) is 38.0. The minimum absolute atomic E-state index is 0.000463. The second-order valence-electron chi connectivity index (χ2n) is 14.2. The average Bonchev–Trinajstić information content (AvgIpc) is 3.75. The highest BCUT2D eigenvalue weighted by Crippen LogP contribution is 2.55. The van der Waals surface area contributed by atoms with E-state index in [1.807, 2.05) is 12.1 Å². The number of phenols is 1. The number of hydrogen-bond donors (Lipinski definition) is 5. The number of aromatic hydroxyl groups is 1. The number of carboxylic acid groups (broad SMARTS) is 1. The predicted molar refractivity (Wildman–Crippen MR) is 188 cm³/mol. The van der Waals surface area contributed by atoms with Crippen molar-refractivity contribution in [2.24, 2.45) is 5.73 Å². The summed E-state index contributed by atoms with van der Waals surface area (Å²) < 4.78 is 48.1. The molecule has 17 nitrogen and oxygen atoms in total. The van der Waals surface area contributed by atoms with Crippen molar-refractivity contribution in [3.63, 3.8) is 0 Å². The first-order chi connectivity index (χ1) is 27.2. The first-order valence-corrected chi connectivity index (χ1v) is 18.5. The monoisotopic (exact) mass is 781 g/mol. The molecule has 0 bridgehead atoms. The highest BCUT2D eigenvalue weighted by atomic mass is 17.2. The fourth-order valence-corrected chi connectivity index (χ4v) is 7.89. The number of aliphatic carboxylic acids is 1. The van der Waals surface area contributed by atoms with Crippen LogP contribution in [0.25, 0.3) is 0 Å². The van der Waals surface area contributed by atoms with Gasteiger partial charge in [0.15, 0.2) is 29.6 Å². The number of nitrogens with two attached hydrogens (primary N) is 1. The number of hydrogen-bond acceptors (Lipinski definition) is 16. The number of aliphatic hydroxyl groups excluding tert-OH is 2. The van der Waals surface area contributed by atoms with E-state index >= 15 is 0 Å². The van der Waals surface area contributed by atoms with Crippen LogP contribution in [0.5, 0.6) is 34.5 Å². The summed E-state index contributed by atoms with van der Waals surface area (Å²) in [7, 11) is 0. The highest BCUT2D eigenvalue weighted by Gasteiger charge is 2.54. The van der Waals surface area contributed by atoms with Gasteiger partial charge in [-0.2, -0.15) is 4.89 Å². The third kappa shape index (κ3) is 7.75. The van der Waals surface area contributed by atoms with E-state index in [-0.39, 0.29) is 56.8 Å². The maximum Gasteiger partial charge on any atom is 0.317 e. The molecule has 3 aromatic rings. The van der Waals surface area contributed by atoms with Gasteiger partial charge in [0.05, 0.1) is 25.2 Å². The van der Waals surface area contributed by atoms with Crippen molar-refractivity contribution in [2.75, 3.05) is 33.2 Å². The molecule has 0 radical (unpaired) electrons. The molecule has 9 atom stereocenters. The lowest BCUT2D eigenvalue weighted by Gasteiger charge is -2.44. The number of carboxylic acids is 1. The molecule has 0 aromatic heterocycles. The molecule has 8 rings (SSSR count). The van der Waals surface area contributed by atoms with Gasteiger partial charge in [-0.1, -0.05) is 12.1 Å². The van der Waals surface area contributed by atoms with Crippen LogP contribution in [0, 0.1) is 0 Å². The van der Waals surface area contributed by atoms with E-state index in [2.05, 4.69) is 0 Å². The maximum atomic E-state index is 12.5. The van der Waals surface area contributed by atoms with Crippen molar-refractivity contribution in [1.29, 1.82) is 0 Å². The Morgan fingerprint density at radius 2 is 1.73 bits per heavy atom. The molecule has 5 heterocycles. The van der Waals surface area contributed by atoms with Crippen molar-refractivity contribution in [3.05, 3.63) is 70.8 Å². The zero-order chi connectivity index (χ0) is 38.9. The summed E-state index contributed by atoms with van der Waals surface area (Å²) >= 11 is 0. The quantitative estimate of drug-likeness (QED) is 0.0725. The summed E-state index contributed by atoms with van der Waals surface area (Å²) in [6, 6.07) is 14.0. The molecule has 9 unspecified atom stereocenters. The van der Waals surface area contributed by atoms with E-state index in [1.54, 1.807) is 36.4 Å². The number of aliphatic hydroxyl groups is 2. The van der Waals surface area contributed by atoms with Crippen LogP contribution in [0.2, 0.25) is 0 Å². The van der Waals surface area contributed by atoms with Crippen LogP contribution in [0.15, 0.2) is 48.5 Å². The molecule has 5 aliphatic heterocycles. The number of phenolic OH excluding ortho intramolecular Hbond substituents is 1. The fourth-order valence-electron chi connectivity index (χ4n) is 7.89. The van der Waals surface area contributed by atoms with Gasteiger partial charge in [0, 0.05) is 42.3 Å². The lowest BCUT2D eigenvalue weighted by Crippen LogP contribution is -2.63. The number of ether oxygens (including phenoxy) is 8. The number of esters is 1. The molecule has 17 heteroatoms. The Labute approximate surface area is 320 Å². The second-order valence-corrected chi connectivity index (χ2v) is 14.2. The van der Waals surface area contributed by atoms with E-state index < -0.39 is 67.4 Å². The van der Waals surface area contributed by atoms with E-state index in [0.29, 0.717) is 48.0 Å². The summed E-state index contributed by atoms with van der Waals surface area (Å²) in [6.07, 6.45) is -8.14. The van der Waals surface area contributed by atoms with Crippen molar-refractivity contribution >= 4 is 11.9 Å². The van der Waals surface area contributed by atoms with Gasteiger partial charge in [-0.25, -0.2) is 0 Å². The Kier molecular flexibility index (Phi) is 11.1. The number of carbonyl (C=O) groups excluding carboxylic acids is 1. The number of benzene rings is 3. The standard InChI is InChI=1S/C39H43NO16/c40-8-10-47-39-38(33(46)37-36(54-39)27(52-32(45)16-31(43)44)6-5-22(51-37)7-9-41)56-55-23-12-20(11-19-1-3-21(42)4-2-19)34-25(13-23)35-26(17-48-34)24-14-29-30(50-18-49-29)15-28(24)53-35/h1-4,12-15,22,26-27,33,35-39,41-42,46H,5-11,16-18,40H2,(H,43,44). The zero-order valence-electron chi connectivity index (χ0n) is 30.2. The zero-order valence-corrected chi connectivity index (χ0v) is 30.2. The van der Waals surface area contributed by atoms with Gasteiger partial charge in [0.2, 0.25) is 6.79 Å². The van der Waals surface area contributed by atoms with Crippen molar-refractivity contribution in [2.45, 2.75) is 87.0 Å². The van der Waals surface area contributed by atoms with Gasteiger partial charge in [0.25, 0.3) is 0 Å². The summed E-state index contributed by atoms with van der Waals surface area (Å²) in [4.78, 5) is 35.7. The number of carbonyl (C=O) groups is 2. The average molecular weight is 782 g/mol. The highest BCUT2D eigenvalue weighted by molar-refractivity contribution is 5.90. The Balaban J connectivity index is 1.09. The van der Waals surface area contributed by atoms with E-state index in [9.17, 15) is 24.9 Å². The summed E-state index contributed by atoms with van der Waals surface area (Å²) in [5, 5.41) is 40.6. The minimum atomic E-state index is -1.49. The Morgan fingerprint density at radius 1 is 0.929 bits per heavy atom. The molecule has 2 saturated heterocycles. The number of fused-ring (bicyclic) bond motifs is 7. The summed E-state index contributed by atoms with van der Waals surface area (Å²) in [5.41, 5.74) is 8.98. The summed E-state index contributed by atoms with van der Waals surface area (Å²) in [6.45, 7) is 0.356. The third-order valence-corrected chi connectivity index (χ3v) is 10.5. The number of rotatable bonds is 13. The Bertz CT molecular complexity index is 1910. The predicted octanol–water partition coefficient (Wildman–Crippen LogP) is 2.38. The van der Waals surface area contributed by atoms with Gasteiger partial charge < -0.3 is 68.9 Å². The van der Waals surface area contributed by atoms with Gasteiger partial charge in [-0.15, -0.1) is 0 Å². The molecule has 0 amide bonds. The maximum absolute atomic E-state index is 12.5. The minimum Gasteiger partial charge on any atom is -0.508 e. The molecule has 0 aliphatic carbocycles. The normalized spacial score (nSPS) is 28.4. The lowest BCUT2D eigenvalue weighted by atomic mass is 9.87. The molecular weight excluding hydrogens is 738 g/mol.